The zero-order valence-corrected chi connectivity index (χ0v) is 13.7. The summed E-state index contributed by atoms with van der Waals surface area (Å²) in [5.74, 6) is 2.37. The van der Waals surface area contributed by atoms with Gasteiger partial charge in [-0.15, -0.1) is 10.2 Å². The SMILES string of the molecule is COc1cccc(CCc2nnc(-c3ccc4[nH]nc(N)c4c3)o2)c1. The van der Waals surface area contributed by atoms with Gasteiger partial charge in [0, 0.05) is 17.4 Å². The van der Waals surface area contributed by atoms with Gasteiger partial charge < -0.3 is 14.9 Å². The maximum absolute atomic E-state index is 5.84. The van der Waals surface area contributed by atoms with E-state index in [9.17, 15) is 0 Å². The second kappa shape index (κ2) is 6.27. The number of nitrogens with two attached hydrogens (primary N) is 1. The summed E-state index contributed by atoms with van der Waals surface area (Å²) in [5, 5.41) is 16.0. The first-order chi connectivity index (χ1) is 12.2. The van der Waals surface area contributed by atoms with Crippen molar-refractivity contribution in [2.45, 2.75) is 12.8 Å². The second-order valence-electron chi connectivity index (χ2n) is 5.72. The highest BCUT2D eigenvalue weighted by Crippen LogP contribution is 2.25. The van der Waals surface area contributed by atoms with Gasteiger partial charge in [-0.25, -0.2) is 0 Å². The Kier molecular flexibility index (Phi) is 3.81. The first-order valence-corrected chi connectivity index (χ1v) is 7.92. The van der Waals surface area contributed by atoms with Gasteiger partial charge in [0.05, 0.1) is 12.6 Å². The van der Waals surface area contributed by atoms with Crippen LogP contribution >= 0.6 is 0 Å². The van der Waals surface area contributed by atoms with Crippen LogP contribution in [0, 0.1) is 0 Å². The minimum Gasteiger partial charge on any atom is -0.497 e. The Labute approximate surface area is 143 Å². The molecule has 4 aromatic rings. The Morgan fingerprint density at radius 3 is 2.92 bits per heavy atom. The predicted molar refractivity (Wildman–Crippen MR) is 94.2 cm³/mol. The molecule has 0 aliphatic heterocycles. The molecule has 0 amide bonds. The van der Waals surface area contributed by atoms with Crippen molar-refractivity contribution in [1.82, 2.24) is 20.4 Å². The molecule has 2 aromatic carbocycles. The molecule has 0 unspecified atom stereocenters. The third-order valence-corrected chi connectivity index (χ3v) is 4.07. The highest BCUT2D eigenvalue weighted by Gasteiger charge is 2.11. The van der Waals surface area contributed by atoms with Crippen LogP contribution in [-0.4, -0.2) is 27.5 Å². The molecule has 3 N–H and O–H groups in total. The van der Waals surface area contributed by atoms with Crippen LogP contribution in [0.5, 0.6) is 5.75 Å². The molecule has 2 aromatic heterocycles. The van der Waals surface area contributed by atoms with Crippen LogP contribution in [0.15, 0.2) is 46.9 Å². The van der Waals surface area contributed by atoms with Gasteiger partial charge in [0.1, 0.15) is 5.75 Å². The molecular weight excluding hydrogens is 318 g/mol. The number of anilines is 1. The number of rotatable bonds is 5. The van der Waals surface area contributed by atoms with Crippen LogP contribution in [0.2, 0.25) is 0 Å². The van der Waals surface area contributed by atoms with E-state index in [1.54, 1.807) is 7.11 Å². The van der Waals surface area contributed by atoms with Crippen molar-refractivity contribution in [2.75, 3.05) is 12.8 Å². The number of aromatic nitrogens is 4. The number of methoxy groups -OCH3 is 1. The van der Waals surface area contributed by atoms with E-state index in [0.717, 1.165) is 34.2 Å². The van der Waals surface area contributed by atoms with Crippen molar-refractivity contribution >= 4 is 16.7 Å². The Morgan fingerprint density at radius 1 is 1.12 bits per heavy atom. The van der Waals surface area contributed by atoms with Crippen molar-refractivity contribution in [2.24, 2.45) is 0 Å². The van der Waals surface area contributed by atoms with Crippen LogP contribution in [0.25, 0.3) is 22.4 Å². The molecule has 0 aliphatic rings. The van der Waals surface area contributed by atoms with E-state index in [1.165, 1.54) is 0 Å². The maximum Gasteiger partial charge on any atom is 0.247 e. The molecule has 0 atom stereocenters. The maximum atomic E-state index is 5.84. The summed E-state index contributed by atoms with van der Waals surface area (Å²) in [6, 6.07) is 13.6. The van der Waals surface area contributed by atoms with Crippen LogP contribution < -0.4 is 10.5 Å². The number of nitrogen functional groups attached to an aromatic ring is 1. The average Bonchev–Trinajstić information content (AvgIpc) is 3.27. The normalized spacial score (nSPS) is 11.1. The summed E-state index contributed by atoms with van der Waals surface area (Å²) < 4.78 is 11.0. The number of aryl methyl sites for hydroxylation is 2. The molecular formula is C18H17N5O2. The molecule has 2 heterocycles. The summed E-state index contributed by atoms with van der Waals surface area (Å²) in [6.07, 6.45) is 1.46. The molecule has 0 spiro atoms. The first-order valence-electron chi connectivity index (χ1n) is 7.92. The summed E-state index contributed by atoms with van der Waals surface area (Å²) in [4.78, 5) is 0. The van der Waals surface area contributed by atoms with E-state index in [-0.39, 0.29) is 0 Å². The number of hydrogen-bond acceptors (Lipinski definition) is 6. The van der Waals surface area contributed by atoms with Crippen molar-refractivity contribution in [3.63, 3.8) is 0 Å². The molecule has 7 heteroatoms. The van der Waals surface area contributed by atoms with Crippen LogP contribution in [0.3, 0.4) is 0 Å². The lowest BCUT2D eigenvalue weighted by molar-refractivity contribution is 0.414. The summed E-state index contributed by atoms with van der Waals surface area (Å²) in [7, 11) is 1.66. The molecule has 0 bridgehead atoms. The number of benzene rings is 2. The molecule has 0 saturated heterocycles. The highest BCUT2D eigenvalue weighted by atomic mass is 16.5. The summed E-state index contributed by atoms with van der Waals surface area (Å²) in [5.41, 5.74) is 8.70. The van der Waals surface area contributed by atoms with Crippen molar-refractivity contribution in [3.8, 4) is 17.2 Å². The topological polar surface area (TPSA) is 103 Å². The monoisotopic (exact) mass is 335 g/mol. The van der Waals surface area contributed by atoms with E-state index in [4.69, 9.17) is 14.9 Å². The Hall–Kier alpha value is -3.35. The van der Waals surface area contributed by atoms with Crippen molar-refractivity contribution in [1.29, 1.82) is 0 Å². The van der Waals surface area contributed by atoms with Gasteiger partial charge in [0.15, 0.2) is 5.82 Å². The number of aromatic amines is 1. The van der Waals surface area contributed by atoms with E-state index < -0.39 is 0 Å². The number of nitrogens with zero attached hydrogens (tertiary/aromatic N) is 3. The minimum absolute atomic E-state index is 0.453. The van der Waals surface area contributed by atoms with E-state index in [2.05, 4.69) is 26.5 Å². The standard InChI is InChI=1S/C18H17N5O2/c1-24-13-4-2-3-11(9-13)5-8-16-21-23-18(25-16)12-6-7-15-14(10-12)17(19)22-20-15/h2-4,6-7,9-10H,5,8H2,1H3,(H3,19,20,22). The fourth-order valence-corrected chi connectivity index (χ4v) is 2.72. The molecule has 4 rings (SSSR count). The van der Waals surface area contributed by atoms with Crippen LogP contribution in [-0.2, 0) is 12.8 Å². The lowest BCUT2D eigenvalue weighted by Crippen LogP contribution is -1.92. The van der Waals surface area contributed by atoms with Gasteiger partial charge in [-0.05, 0) is 42.3 Å². The third-order valence-electron chi connectivity index (χ3n) is 4.07. The molecule has 0 saturated carbocycles. The average molecular weight is 335 g/mol. The number of ether oxygens (including phenoxy) is 1. The minimum atomic E-state index is 0.453. The van der Waals surface area contributed by atoms with Gasteiger partial charge in [-0.3, -0.25) is 5.10 Å². The molecule has 0 fully saturated rings. The van der Waals surface area contributed by atoms with E-state index >= 15 is 0 Å². The van der Waals surface area contributed by atoms with E-state index in [1.807, 2.05) is 36.4 Å². The zero-order chi connectivity index (χ0) is 17.2. The second-order valence-corrected chi connectivity index (χ2v) is 5.72. The van der Waals surface area contributed by atoms with Gasteiger partial charge in [0.25, 0.3) is 0 Å². The number of fused-ring (bicyclic) bond motifs is 1. The number of nitrogens with one attached hydrogen (secondary N) is 1. The van der Waals surface area contributed by atoms with Gasteiger partial charge in [-0.2, -0.15) is 5.10 Å². The predicted octanol–water partition coefficient (Wildman–Crippen LogP) is 2.99. The molecule has 0 aliphatic carbocycles. The first kappa shape index (κ1) is 15.2. The number of H-pyrrole nitrogens is 1. The highest BCUT2D eigenvalue weighted by molar-refractivity contribution is 5.91. The Bertz CT molecular complexity index is 1020. The quantitative estimate of drug-likeness (QED) is 0.581. The smallest absolute Gasteiger partial charge is 0.247 e. The third kappa shape index (κ3) is 3.03. The summed E-state index contributed by atoms with van der Waals surface area (Å²) >= 11 is 0. The largest absolute Gasteiger partial charge is 0.497 e. The molecule has 7 nitrogen and oxygen atoms in total. The summed E-state index contributed by atoms with van der Waals surface area (Å²) in [6.45, 7) is 0. The molecule has 126 valence electrons. The molecule has 0 radical (unpaired) electrons. The van der Waals surface area contributed by atoms with Gasteiger partial charge in [-0.1, -0.05) is 12.1 Å². The Balaban J connectivity index is 1.51. The van der Waals surface area contributed by atoms with Crippen molar-refractivity contribution < 1.29 is 9.15 Å². The lowest BCUT2D eigenvalue weighted by Gasteiger charge is -2.02. The zero-order valence-electron chi connectivity index (χ0n) is 13.7. The van der Waals surface area contributed by atoms with Crippen LogP contribution in [0.1, 0.15) is 11.5 Å². The fraction of sp³-hybridized carbons (Fsp3) is 0.167. The lowest BCUT2D eigenvalue weighted by atomic mass is 10.1. The Morgan fingerprint density at radius 2 is 2.04 bits per heavy atom. The molecule has 25 heavy (non-hydrogen) atoms. The van der Waals surface area contributed by atoms with Crippen LogP contribution in [0.4, 0.5) is 5.82 Å². The van der Waals surface area contributed by atoms with Gasteiger partial charge in [0.2, 0.25) is 11.8 Å². The number of hydrogen-bond donors (Lipinski definition) is 2. The van der Waals surface area contributed by atoms with E-state index in [0.29, 0.717) is 24.0 Å². The van der Waals surface area contributed by atoms with Gasteiger partial charge >= 0.3 is 0 Å². The fourth-order valence-electron chi connectivity index (χ4n) is 2.72. The van der Waals surface area contributed by atoms with Crippen molar-refractivity contribution in [3.05, 3.63) is 53.9 Å².